The average molecular weight is 340 g/mol. The number of hydrogen-bond donors (Lipinski definition) is 2. The van der Waals surface area contributed by atoms with E-state index in [2.05, 4.69) is 53.6 Å². The van der Waals surface area contributed by atoms with Crippen LogP contribution in [0.1, 0.15) is 30.4 Å². The molecule has 0 saturated carbocycles. The van der Waals surface area contributed by atoms with Crippen molar-refractivity contribution >= 4 is 16.9 Å². The van der Waals surface area contributed by atoms with Crippen molar-refractivity contribution < 1.29 is 4.79 Å². The first-order valence-corrected chi connectivity index (χ1v) is 9.43. The molecular weight excluding hydrogens is 312 g/mol. The Morgan fingerprint density at radius 2 is 2.12 bits per heavy atom. The van der Waals surface area contributed by atoms with E-state index in [9.17, 15) is 4.79 Å². The monoisotopic (exact) mass is 340 g/mol. The first-order valence-electron chi connectivity index (χ1n) is 9.43. The maximum atomic E-state index is 12.6. The Balaban J connectivity index is 1.33. The van der Waals surface area contributed by atoms with Gasteiger partial charge < -0.3 is 15.2 Å². The fourth-order valence-corrected chi connectivity index (χ4v) is 4.42. The summed E-state index contributed by atoms with van der Waals surface area (Å²) in [6, 6.07) is 7.77. The van der Waals surface area contributed by atoms with Crippen LogP contribution in [0.15, 0.2) is 24.4 Å². The van der Waals surface area contributed by atoms with Gasteiger partial charge in [0.1, 0.15) is 0 Å². The second kappa shape index (κ2) is 6.71. The third kappa shape index (κ3) is 3.25. The van der Waals surface area contributed by atoms with E-state index >= 15 is 0 Å². The van der Waals surface area contributed by atoms with Crippen LogP contribution in [0.2, 0.25) is 0 Å². The molecule has 2 atom stereocenters. The highest BCUT2D eigenvalue weighted by Gasteiger charge is 2.35. The Kier molecular flexibility index (Phi) is 4.42. The summed E-state index contributed by atoms with van der Waals surface area (Å²) in [6.45, 7) is 4.53. The lowest BCUT2D eigenvalue weighted by molar-refractivity contribution is 0.188. The SMILES string of the molecule is Cc1ccc2c(CCNC(=O)N3CC[C@H]4CC[C@@H](C3)N4C)c[nH]c2c1. The highest BCUT2D eigenvalue weighted by molar-refractivity contribution is 5.84. The van der Waals surface area contributed by atoms with Crippen LogP contribution in [0.25, 0.3) is 10.9 Å². The molecule has 25 heavy (non-hydrogen) atoms. The zero-order chi connectivity index (χ0) is 17.4. The van der Waals surface area contributed by atoms with E-state index < -0.39 is 0 Å². The first kappa shape index (κ1) is 16.5. The van der Waals surface area contributed by atoms with E-state index in [1.807, 2.05) is 4.90 Å². The summed E-state index contributed by atoms with van der Waals surface area (Å²) in [5.41, 5.74) is 3.70. The topological polar surface area (TPSA) is 51.4 Å². The number of likely N-dealkylation sites (N-methyl/N-ethyl adjacent to an activating group) is 1. The molecule has 0 spiro atoms. The number of nitrogens with one attached hydrogen (secondary N) is 2. The van der Waals surface area contributed by atoms with Crippen LogP contribution in [0, 0.1) is 6.92 Å². The number of benzene rings is 1. The van der Waals surface area contributed by atoms with Crippen LogP contribution in [-0.4, -0.2) is 59.6 Å². The summed E-state index contributed by atoms with van der Waals surface area (Å²) in [5.74, 6) is 0. The summed E-state index contributed by atoms with van der Waals surface area (Å²) in [4.78, 5) is 20.4. The molecular formula is C20H28N4O. The van der Waals surface area contributed by atoms with E-state index in [4.69, 9.17) is 0 Å². The minimum atomic E-state index is 0.0941. The molecule has 2 N–H and O–H groups in total. The number of amides is 2. The van der Waals surface area contributed by atoms with Gasteiger partial charge in [0.05, 0.1) is 0 Å². The molecule has 2 amide bonds. The van der Waals surface area contributed by atoms with Crippen molar-refractivity contribution in [3.05, 3.63) is 35.5 Å². The van der Waals surface area contributed by atoms with Gasteiger partial charge in [0, 0.05) is 48.8 Å². The van der Waals surface area contributed by atoms with Gasteiger partial charge in [0.15, 0.2) is 0 Å². The Morgan fingerprint density at radius 1 is 1.28 bits per heavy atom. The van der Waals surface area contributed by atoms with Crippen molar-refractivity contribution in [2.45, 2.75) is 44.7 Å². The van der Waals surface area contributed by atoms with Gasteiger partial charge in [-0.3, -0.25) is 4.90 Å². The number of aromatic nitrogens is 1. The van der Waals surface area contributed by atoms with Gasteiger partial charge in [-0.1, -0.05) is 12.1 Å². The number of aryl methyl sites for hydroxylation is 1. The Bertz CT molecular complexity index is 768. The van der Waals surface area contributed by atoms with E-state index in [-0.39, 0.29) is 6.03 Å². The third-order valence-electron chi connectivity index (χ3n) is 6.03. The van der Waals surface area contributed by atoms with E-state index in [0.717, 1.165) is 25.9 Å². The molecule has 0 radical (unpaired) electrons. The number of H-pyrrole nitrogens is 1. The largest absolute Gasteiger partial charge is 0.361 e. The maximum Gasteiger partial charge on any atom is 0.317 e. The molecule has 2 fully saturated rings. The first-order chi connectivity index (χ1) is 12.1. The molecule has 4 rings (SSSR count). The fourth-order valence-electron chi connectivity index (χ4n) is 4.42. The fraction of sp³-hybridized carbons (Fsp3) is 0.550. The summed E-state index contributed by atoms with van der Waals surface area (Å²) in [5, 5.41) is 4.38. The van der Waals surface area contributed by atoms with Crippen molar-refractivity contribution in [2.24, 2.45) is 0 Å². The van der Waals surface area contributed by atoms with Crippen LogP contribution in [0.5, 0.6) is 0 Å². The van der Waals surface area contributed by atoms with Crippen LogP contribution < -0.4 is 5.32 Å². The smallest absolute Gasteiger partial charge is 0.317 e. The van der Waals surface area contributed by atoms with Crippen LogP contribution in [0.4, 0.5) is 4.79 Å². The number of hydrogen-bond acceptors (Lipinski definition) is 2. The van der Waals surface area contributed by atoms with Gasteiger partial charge in [-0.2, -0.15) is 0 Å². The molecule has 2 aliphatic rings. The lowest BCUT2D eigenvalue weighted by Gasteiger charge is -2.26. The molecule has 2 aromatic rings. The lowest BCUT2D eigenvalue weighted by atomic mass is 10.1. The van der Waals surface area contributed by atoms with Crippen LogP contribution in [-0.2, 0) is 6.42 Å². The molecule has 5 nitrogen and oxygen atoms in total. The van der Waals surface area contributed by atoms with E-state index in [1.54, 1.807) is 0 Å². The van der Waals surface area contributed by atoms with Gasteiger partial charge in [-0.05, 0) is 56.8 Å². The molecule has 0 aliphatic carbocycles. The molecule has 0 unspecified atom stereocenters. The van der Waals surface area contributed by atoms with Gasteiger partial charge >= 0.3 is 6.03 Å². The molecule has 1 aromatic carbocycles. The van der Waals surface area contributed by atoms with E-state index in [1.165, 1.54) is 34.9 Å². The average Bonchev–Trinajstić information content (AvgIpc) is 3.07. The minimum Gasteiger partial charge on any atom is -0.361 e. The van der Waals surface area contributed by atoms with Gasteiger partial charge in [0.2, 0.25) is 0 Å². The minimum absolute atomic E-state index is 0.0941. The second-order valence-electron chi connectivity index (χ2n) is 7.63. The van der Waals surface area contributed by atoms with Gasteiger partial charge in [0.25, 0.3) is 0 Å². The molecule has 5 heteroatoms. The van der Waals surface area contributed by atoms with Gasteiger partial charge in [-0.15, -0.1) is 0 Å². The Hall–Kier alpha value is -2.01. The summed E-state index contributed by atoms with van der Waals surface area (Å²) in [7, 11) is 2.21. The summed E-state index contributed by atoms with van der Waals surface area (Å²) in [6.07, 6.45) is 6.53. The number of carbonyl (C=O) groups excluding carboxylic acids is 1. The molecule has 134 valence electrons. The van der Waals surface area contributed by atoms with Gasteiger partial charge in [-0.25, -0.2) is 4.79 Å². The second-order valence-corrected chi connectivity index (χ2v) is 7.63. The number of nitrogens with zero attached hydrogens (tertiary/aromatic N) is 2. The third-order valence-corrected chi connectivity index (χ3v) is 6.03. The van der Waals surface area contributed by atoms with E-state index in [0.29, 0.717) is 18.6 Å². The standard InChI is InChI=1S/C20H28N4O/c1-14-3-6-18-15(12-22-19(18)11-14)7-9-21-20(25)24-10-8-16-4-5-17(13-24)23(16)2/h3,6,11-12,16-17,22H,4-5,7-10,13H2,1-2H3,(H,21,25)/t16-,17+/m1/s1. The molecule has 2 aliphatic heterocycles. The quantitative estimate of drug-likeness (QED) is 0.903. The van der Waals surface area contributed by atoms with Crippen LogP contribution in [0.3, 0.4) is 0 Å². The van der Waals surface area contributed by atoms with Crippen molar-refractivity contribution in [3.8, 4) is 0 Å². The highest BCUT2D eigenvalue weighted by Crippen LogP contribution is 2.28. The normalized spacial score (nSPS) is 23.8. The lowest BCUT2D eigenvalue weighted by Crippen LogP contribution is -2.45. The predicted molar refractivity (Wildman–Crippen MR) is 101 cm³/mol. The van der Waals surface area contributed by atoms with Crippen molar-refractivity contribution in [2.75, 3.05) is 26.7 Å². The highest BCUT2D eigenvalue weighted by atomic mass is 16.2. The summed E-state index contributed by atoms with van der Waals surface area (Å²) < 4.78 is 0. The molecule has 3 heterocycles. The van der Waals surface area contributed by atoms with Crippen molar-refractivity contribution in [1.82, 2.24) is 20.1 Å². The molecule has 2 bridgehead atoms. The number of urea groups is 1. The molecule has 2 saturated heterocycles. The zero-order valence-electron chi connectivity index (χ0n) is 15.2. The van der Waals surface area contributed by atoms with Crippen molar-refractivity contribution in [3.63, 3.8) is 0 Å². The Labute approximate surface area is 149 Å². The Morgan fingerprint density at radius 3 is 3.00 bits per heavy atom. The summed E-state index contributed by atoms with van der Waals surface area (Å²) >= 11 is 0. The zero-order valence-corrected chi connectivity index (χ0v) is 15.2. The number of aromatic amines is 1. The number of likely N-dealkylation sites (tertiary alicyclic amines) is 1. The predicted octanol–water partition coefficient (Wildman–Crippen LogP) is 2.90. The number of carbonyl (C=O) groups is 1. The molecule has 1 aromatic heterocycles. The maximum absolute atomic E-state index is 12.6. The van der Waals surface area contributed by atoms with Crippen LogP contribution >= 0.6 is 0 Å². The number of fused-ring (bicyclic) bond motifs is 3. The van der Waals surface area contributed by atoms with Crippen molar-refractivity contribution in [1.29, 1.82) is 0 Å². The number of rotatable bonds is 3.